The Morgan fingerprint density at radius 2 is 1.85 bits per heavy atom. The minimum absolute atomic E-state index is 0.0191. The topological polar surface area (TPSA) is 34.9 Å². The van der Waals surface area contributed by atoms with Crippen molar-refractivity contribution in [1.82, 2.24) is 9.55 Å². The quantitative estimate of drug-likeness (QED) is 0.471. The van der Waals surface area contributed by atoms with Crippen LogP contribution in [0.5, 0.6) is 0 Å². The molecule has 0 radical (unpaired) electrons. The predicted molar refractivity (Wildman–Crippen MR) is 107 cm³/mol. The molecule has 4 heteroatoms. The lowest BCUT2D eigenvalue weighted by Crippen LogP contribution is -2.20. The largest absolute Gasteiger partial charge is 0.292 e. The molecule has 1 aliphatic heterocycles. The van der Waals surface area contributed by atoms with Gasteiger partial charge >= 0.3 is 0 Å². The summed E-state index contributed by atoms with van der Waals surface area (Å²) < 4.78 is 1.76. The molecule has 0 fully saturated rings. The van der Waals surface area contributed by atoms with E-state index < -0.39 is 0 Å². The Bertz CT molecular complexity index is 1270. The second-order valence-corrected chi connectivity index (χ2v) is 7.02. The minimum atomic E-state index is -0.0191. The molecule has 0 spiro atoms. The molecule has 2 heterocycles. The molecule has 0 unspecified atom stereocenters. The Labute approximate surface area is 155 Å². The molecule has 0 bridgehead atoms. The number of halogens is 1. The standard InChI is InChI=1S/C22H15ClN2O/c23-18-7-8-20-19(13-18)22(26)25-10-9-17(21(25)24-20)12-14-5-6-15-3-1-2-4-16(15)11-14/h1-8,11-13H,9-10H2/b17-12+. The van der Waals surface area contributed by atoms with Gasteiger partial charge in [-0.15, -0.1) is 0 Å². The van der Waals surface area contributed by atoms with Crippen LogP contribution in [0.15, 0.2) is 65.5 Å². The average molecular weight is 359 g/mol. The van der Waals surface area contributed by atoms with Gasteiger partial charge < -0.3 is 0 Å². The number of hydrogen-bond acceptors (Lipinski definition) is 2. The number of allylic oxidation sites excluding steroid dienone is 1. The van der Waals surface area contributed by atoms with Crippen molar-refractivity contribution in [2.75, 3.05) is 0 Å². The molecule has 1 aliphatic rings. The van der Waals surface area contributed by atoms with Gasteiger partial charge in [0, 0.05) is 11.6 Å². The van der Waals surface area contributed by atoms with E-state index in [0.717, 1.165) is 23.4 Å². The average Bonchev–Trinajstić information content (AvgIpc) is 3.05. The molecule has 126 valence electrons. The van der Waals surface area contributed by atoms with Crippen LogP contribution in [-0.4, -0.2) is 9.55 Å². The molecule has 26 heavy (non-hydrogen) atoms. The molecular weight excluding hydrogens is 344 g/mol. The predicted octanol–water partition coefficient (Wildman–Crippen LogP) is 5.15. The van der Waals surface area contributed by atoms with Crippen LogP contribution in [0.1, 0.15) is 17.8 Å². The first kappa shape index (κ1) is 15.4. The molecule has 5 rings (SSSR count). The third kappa shape index (κ3) is 2.44. The highest BCUT2D eigenvalue weighted by Crippen LogP contribution is 2.29. The zero-order valence-corrected chi connectivity index (χ0v) is 14.7. The highest BCUT2D eigenvalue weighted by Gasteiger charge is 2.20. The lowest BCUT2D eigenvalue weighted by Gasteiger charge is -2.06. The summed E-state index contributed by atoms with van der Waals surface area (Å²) in [5.41, 5.74) is 2.89. The second kappa shape index (κ2) is 5.82. The smallest absolute Gasteiger partial charge is 0.261 e. The van der Waals surface area contributed by atoms with Gasteiger partial charge in [-0.3, -0.25) is 9.36 Å². The van der Waals surface area contributed by atoms with Crippen molar-refractivity contribution in [3.8, 4) is 0 Å². The maximum Gasteiger partial charge on any atom is 0.261 e. The molecule has 0 saturated carbocycles. The summed E-state index contributed by atoms with van der Waals surface area (Å²) in [6.45, 7) is 0.656. The zero-order valence-electron chi connectivity index (χ0n) is 13.9. The van der Waals surface area contributed by atoms with Crippen molar-refractivity contribution in [3.63, 3.8) is 0 Å². The minimum Gasteiger partial charge on any atom is -0.292 e. The van der Waals surface area contributed by atoms with Gasteiger partial charge in [-0.1, -0.05) is 48.0 Å². The van der Waals surface area contributed by atoms with Gasteiger partial charge in [0.2, 0.25) is 0 Å². The van der Waals surface area contributed by atoms with Gasteiger partial charge in [0.15, 0.2) is 0 Å². The Kier molecular flexibility index (Phi) is 3.44. The second-order valence-electron chi connectivity index (χ2n) is 6.58. The first-order valence-corrected chi connectivity index (χ1v) is 8.97. The van der Waals surface area contributed by atoms with Crippen LogP contribution in [0.3, 0.4) is 0 Å². The molecule has 3 aromatic carbocycles. The zero-order chi connectivity index (χ0) is 17.7. The highest BCUT2D eigenvalue weighted by molar-refractivity contribution is 6.31. The molecule has 0 amide bonds. The number of aromatic nitrogens is 2. The summed E-state index contributed by atoms with van der Waals surface area (Å²) in [5, 5.41) is 3.56. The van der Waals surface area contributed by atoms with Gasteiger partial charge in [-0.05, 0) is 58.7 Å². The Hall–Kier alpha value is -2.91. The maximum atomic E-state index is 12.8. The fourth-order valence-electron chi connectivity index (χ4n) is 3.63. The number of hydrogen-bond donors (Lipinski definition) is 0. The van der Waals surface area contributed by atoms with Gasteiger partial charge in [0.1, 0.15) is 5.82 Å². The lowest BCUT2D eigenvalue weighted by molar-refractivity contribution is 0.725. The summed E-state index contributed by atoms with van der Waals surface area (Å²) in [4.78, 5) is 17.5. The summed E-state index contributed by atoms with van der Waals surface area (Å²) in [7, 11) is 0. The van der Waals surface area contributed by atoms with E-state index in [4.69, 9.17) is 16.6 Å². The molecule has 4 aromatic rings. The van der Waals surface area contributed by atoms with E-state index in [2.05, 4.69) is 36.4 Å². The van der Waals surface area contributed by atoms with E-state index in [-0.39, 0.29) is 5.56 Å². The molecule has 1 aromatic heterocycles. The van der Waals surface area contributed by atoms with E-state index in [0.29, 0.717) is 22.5 Å². The fraction of sp³-hybridized carbons (Fsp3) is 0.0909. The van der Waals surface area contributed by atoms with Crippen molar-refractivity contribution >= 4 is 44.9 Å². The van der Waals surface area contributed by atoms with Crippen LogP contribution in [-0.2, 0) is 6.54 Å². The summed E-state index contributed by atoms with van der Waals surface area (Å²) >= 11 is 6.04. The number of fused-ring (bicyclic) bond motifs is 3. The van der Waals surface area contributed by atoms with Crippen molar-refractivity contribution in [2.45, 2.75) is 13.0 Å². The van der Waals surface area contributed by atoms with Gasteiger partial charge in [-0.2, -0.15) is 0 Å². The third-order valence-electron chi connectivity index (χ3n) is 4.92. The number of rotatable bonds is 1. The van der Waals surface area contributed by atoms with Crippen molar-refractivity contribution in [1.29, 1.82) is 0 Å². The fourth-order valence-corrected chi connectivity index (χ4v) is 3.80. The van der Waals surface area contributed by atoms with Crippen LogP contribution in [0.4, 0.5) is 0 Å². The van der Waals surface area contributed by atoms with Gasteiger partial charge in [0.25, 0.3) is 5.56 Å². The van der Waals surface area contributed by atoms with Crippen molar-refractivity contribution in [2.24, 2.45) is 0 Å². The van der Waals surface area contributed by atoms with Crippen LogP contribution >= 0.6 is 11.6 Å². The summed E-state index contributed by atoms with van der Waals surface area (Å²) in [5.74, 6) is 0.762. The number of nitrogens with zero attached hydrogens (tertiary/aromatic N) is 2. The van der Waals surface area contributed by atoms with E-state index in [1.165, 1.54) is 10.8 Å². The van der Waals surface area contributed by atoms with E-state index in [9.17, 15) is 4.79 Å². The normalized spacial score (nSPS) is 15.0. The van der Waals surface area contributed by atoms with E-state index in [1.807, 2.05) is 18.2 Å². The van der Waals surface area contributed by atoms with Gasteiger partial charge in [0.05, 0.1) is 10.9 Å². The molecule has 0 saturated heterocycles. The Balaban J connectivity index is 1.67. The lowest BCUT2D eigenvalue weighted by atomic mass is 10.0. The van der Waals surface area contributed by atoms with Crippen LogP contribution in [0, 0.1) is 0 Å². The Morgan fingerprint density at radius 3 is 2.73 bits per heavy atom. The maximum absolute atomic E-state index is 12.8. The molecule has 0 N–H and O–H groups in total. The van der Waals surface area contributed by atoms with E-state index >= 15 is 0 Å². The van der Waals surface area contributed by atoms with Crippen LogP contribution in [0.2, 0.25) is 5.02 Å². The van der Waals surface area contributed by atoms with Crippen molar-refractivity contribution in [3.05, 3.63) is 87.4 Å². The molecule has 0 aliphatic carbocycles. The molecule has 0 atom stereocenters. The summed E-state index contributed by atoms with van der Waals surface area (Å²) in [6, 6.07) is 20.0. The van der Waals surface area contributed by atoms with Gasteiger partial charge in [-0.25, -0.2) is 4.98 Å². The van der Waals surface area contributed by atoms with Crippen LogP contribution < -0.4 is 5.56 Å². The van der Waals surface area contributed by atoms with Crippen LogP contribution in [0.25, 0.3) is 33.3 Å². The van der Waals surface area contributed by atoms with E-state index in [1.54, 1.807) is 16.7 Å². The third-order valence-corrected chi connectivity index (χ3v) is 5.16. The SMILES string of the molecule is O=c1c2cc(Cl)ccc2nc2n1CC/C2=C\c1ccc2ccccc2c1. The Morgan fingerprint density at radius 1 is 1.00 bits per heavy atom. The first-order valence-electron chi connectivity index (χ1n) is 8.59. The molecular formula is C22H15ClN2O. The van der Waals surface area contributed by atoms with Crippen molar-refractivity contribution < 1.29 is 0 Å². The molecule has 3 nitrogen and oxygen atoms in total. The first-order chi connectivity index (χ1) is 12.7. The summed E-state index contributed by atoms with van der Waals surface area (Å²) in [6.07, 6.45) is 2.94. The monoisotopic (exact) mass is 358 g/mol. The highest BCUT2D eigenvalue weighted by atomic mass is 35.5. The number of benzene rings is 3.